The lowest BCUT2D eigenvalue weighted by molar-refractivity contribution is -0.123. The van der Waals surface area contributed by atoms with Gasteiger partial charge in [-0.3, -0.25) is 14.8 Å². The number of aromatic amines is 1. The largest absolute Gasteiger partial charge is 0.355 e. The van der Waals surface area contributed by atoms with Gasteiger partial charge in [-0.15, -0.1) is 0 Å². The molecule has 0 unspecified atom stereocenters. The number of carbonyl (C=O) groups is 1. The normalized spacial score (nSPS) is 22.0. The van der Waals surface area contributed by atoms with E-state index in [1.165, 1.54) is 0 Å². The molecule has 1 aliphatic carbocycles. The lowest BCUT2D eigenvalue weighted by Gasteiger charge is -2.18. The Morgan fingerprint density at radius 1 is 1.36 bits per heavy atom. The van der Waals surface area contributed by atoms with Crippen molar-refractivity contribution >= 4 is 5.91 Å². The number of amides is 1. The number of nitrogens with one attached hydrogen (secondary N) is 2. The molecular weight excluding hydrogens is 312 g/mol. The van der Waals surface area contributed by atoms with Gasteiger partial charge in [0.15, 0.2) is 0 Å². The van der Waals surface area contributed by atoms with Gasteiger partial charge < -0.3 is 5.32 Å². The SMILES string of the molecule is Cc1cc(CN2CC[C@@H](CNC(=O)C3(c4ccccc4)CC3)C2)n[nH]1. The smallest absolute Gasteiger partial charge is 0.230 e. The summed E-state index contributed by atoms with van der Waals surface area (Å²) in [4.78, 5) is 15.1. The van der Waals surface area contributed by atoms with Crippen LogP contribution in [0.2, 0.25) is 0 Å². The summed E-state index contributed by atoms with van der Waals surface area (Å²) in [6, 6.07) is 12.3. The number of nitrogens with zero attached hydrogens (tertiary/aromatic N) is 2. The maximum absolute atomic E-state index is 12.7. The van der Waals surface area contributed by atoms with Crippen molar-refractivity contribution in [1.82, 2.24) is 20.4 Å². The van der Waals surface area contributed by atoms with Gasteiger partial charge >= 0.3 is 0 Å². The Bertz CT molecular complexity index is 735. The van der Waals surface area contributed by atoms with E-state index in [4.69, 9.17) is 0 Å². The van der Waals surface area contributed by atoms with Gasteiger partial charge in [-0.2, -0.15) is 5.10 Å². The number of benzene rings is 1. The first-order valence-corrected chi connectivity index (χ1v) is 9.23. The average Bonchev–Trinajstić information content (AvgIpc) is 3.17. The number of carbonyl (C=O) groups excluding carboxylic acids is 1. The van der Waals surface area contributed by atoms with Gasteiger partial charge in [0.1, 0.15) is 0 Å². The quantitative estimate of drug-likeness (QED) is 0.850. The van der Waals surface area contributed by atoms with E-state index in [9.17, 15) is 4.79 Å². The summed E-state index contributed by atoms with van der Waals surface area (Å²) in [5.74, 6) is 0.746. The molecule has 1 atom stereocenters. The van der Waals surface area contributed by atoms with E-state index in [1.54, 1.807) is 0 Å². The summed E-state index contributed by atoms with van der Waals surface area (Å²) < 4.78 is 0. The molecule has 25 heavy (non-hydrogen) atoms. The maximum atomic E-state index is 12.7. The van der Waals surface area contributed by atoms with Crippen molar-refractivity contribution in [3.63, 3.8) is 0 Å². The molecule has 5 heteroatoms. The van der Waals surface area contributed by atoms with Crippen LogP contribution in [0.25, 0.3) is 0 Å². The van der Waals surface area contributed by atoms with Crippen LogP contribution in [0, 0.1) is 12.8 Å². The summed E-state index contributed by atoms with van der Waals surface area (Å²) >= 11 is 0. The molecule has 0 radical (unpaired) electrons. The molecule has 1 aromatic carbocycles. The lowest BCUT2D eigenvalue weighted by atomic mass is 9.95. The van der Waals surface area contributed by atoms with Crippen molar-refractivity contribution < 1.29 is 4.79 Å². The summed E-state index contributed by atoms with van der Waals surface area (Å²) in [6.07, 6.45) is 3.08. The monoisotopic (exact) mass is 338 g/mol. The third-order valence-corrected chi connectivity index (χ3v) is 5.58. The van der Waals surface area contributed by atoms with Crippen molar-refractivity contribution in [2.45, 2.75) is 38.1 Å². The minimum atomic E-state index is -0.258. The second-order valence-electron chi connectivity index (χ2n) is 7.59. The standard InChI is InChI=1S/C20H26N4O/c1-15-11-18(23-22-15)14-24-10-7-16(13-24)12-21-19(25)20(8-9-20)17-5-3-2-4-6-17/h2-6,11,16H,7-10,12-14H2,1H3,(H,21,25)(H,22,23)/t16-/m0/s1. The zero-order chi connectivity index (χ0) is 17.3. The molecule has 1 saturated heterocycles. The zero-order valence-electron chi connectivity index (χ0n) is 14.8. The molecular formula is C20H26N4O. The van der Waals surface area contributed by atoms with Crippen LogP contribution in [-0.2, 0) is 16.8 Å². The number of likely N-dealkylation sites (tertiary alicyclic amines) is 1. The average molecular weight is 338 g/mol. The van der Waals surface area contributed by atoms with Gasteiger partial charge in [0, 0.05) is 25.3 Å². The van der Waals surface area contributed by atoms with Crippen molar-refractivity contribution in [2.75, 3.05) is 19.6 Å². The molecule has 1 amide bonds. The second kappa shape index (κ2) is 6.64. The first-order chi connectivity index (χ1) is 12.2. The minimum Gasteiger partial charge on any atom is -0.355 e. The van der Waals surface area contributed by atoms with Crippen LogP contribution in [0.5, 0.6) is 0 Å². The van der Waals surface area contributed by atoms with Gasteiger partial charge in [-0.1, -0.05) is 30.3 Å². The molecule has 2 aliphatic rings. The lowest BCUT2D eigenvalue weighted by Crippen LogP contribution is -2.38. The Hall–Kier alpha value is -2.14. The molecule has 2 N–H and O–H groups in total. The molecule has 1 aliphatic heterocycles. The highest BCUT2D eigenvalue weighted by atomic mass is 16.2. The fraction of sp³-hybridized carbons (Fsp3) is 0.500. The van der Waals surface area contributed by atoms with Gasteiger partial charge in [0.05, 0.1) is 11.1 Å². The molecule has 4 rings (SSSR count). The summed E-state index contributed by atoms with van der Waals surface area (Å²) in [7, 11) is 0. The molecule has 2 aromatic rings. The van der Waals surface area contributed by atoms with Gasteiger partial charge in [0.2, 0.25) is 5.91 Å². The van der Waals surface area contributed by atoms with Crippen LogP contribution < -0.4 is 5.32 Å². The van der Waals surface area contributed by atoms with E-state index in [0.29, 0.717) is 5.92 Å². The van der Waals surface area contributed by atoms with E-state index in [-0.39, 0.29) is 11.3 Å². The van der Waals surface area contributed by atoms with Crippen LogP contribution in [0.1, 0.15) is 36.2 Å². The molecule has 0 spiro atoms. The minimum absolute atomic E-state index is 0.208. The van der Waals surface area contributed by atoms with E-state index in [2.05, 4.69) is 38.6 Å². The van der Waals surface area contributed by atoms with Crippen molar-refractivity contribution in [3.8, 4) is 0 Å². The van der Waals surface area contributed by atoms with Gasteiger partial charge in [-0.25, -0.2) is 0 Å². The molecule has 5 nitrogen and oxygen atoms in total. The summed E-state index contributed by atoms with van der Waals surface area (Å²) in [5.41, 5.74) is 3.11. The maximum Gasteiger partial charge on any atom is 0.230 e. The highest BCUT2D eigenvalue weighted by molar-refractivity contribution is 5.91. The molecule has 0 bridgehead atoms. The Labute approximate surface area is 148 Å². The fourth-order valence-electron chi connectivity index (χ4n) is 3.94. The topological polar surface area (TPSA) is 61.0 Å². The predicted octanol–water partition coefficient (Wildman–Crippen LogP) is 2.39. The van der Waals surface area contributed by atoms with E-state index in [1.807, 2.05) is 25.1 Å². The third-order valence-electron chi connectivity index (χ3n) is 5.58. The van der Waals surface area contributed by atoms with E-state index >= 15 is 0 Å². The van der Waals surface area contributed by atoms with Crippen LogP contribution in [0.4, 0.5) is 0 Å². The Balaban J connectivity index is 1.27. The van der Waals surface area contributed by atoms with E-state index < -0.39 is 0 Å². The van der Waals surface area contributed by atoms with E-state index in [0.717, 1.165) is 62.4 Å². The molecule has 2 fully saturated rings. The van der Waals surface area contributed by atoms with Crippen LogP contribution in [0.15, 0.2) is 36.4 Å². The number of hydrogen-bond acceptors (Lipinski definition) is 3. The van der Waals surface area contributed by atoms with Gasteiger partial charge in [0.25, 0.3) is 0 Å². The third kappa shape index (κ3) is 3.47. The Kier molecular flexibility index (Phi) is 4.34. The second-order valence-corrected chi connectivity index (χ2v) is 7.59. The molecule has 1 aromatic heterocycles. The van der Waals surface area contributed by atoms with Gasteiger partial charge in [-0.05, 0) is 50.3 Å². The number of H-pyrrole nitrogens is 1. The van der Waals surface area contributed by atoms with Crippen molar-refractivity contribution in [2.24, 2.45) is 5.92 Å². The van der Waals surface area contributed by atoms with Crippen LogP contribution in [-0.4, -0.2) is 40.6 Å². The van der Waals surface area contributed by atoms with Crippen molar-refractivity contribution in [3.05, 3.63) is 53.3 Å². The van der Waals surface area contributed by atoms with Crippen LogP contribution in [0.3, 0.4) is 0 Å². The first-order valence-electron chi connectivity index (χ1n) is 9.23. The number of hydrogen-bond donors (Lipinski definition) is 2. The molecule has 1 saturated carbocycles. The predicted molar refractivity (Wildman–Crippen MR) is 97.1 cm³/mol. The highest BCUT2D eigenvalue weighted by Crippen LogP contribution is 2.48. The number of aryl methyl sites for hydroxylation is 1. The molecule has 132 valence electrons. The van der Waals surface area contributed by atoms with Crippen LogP contribution >= 0.6 is 0 Å². The first kappa shape index (κ1) is 16.3. The molecule has 2 heterocycles. The highest BCUT2D eigenvalue weighted by Gasteiger charge is 2.51. The zero-order valence-corrected chi connectivity index (χ0v) is 14.8. The number of aromatic nitrogens is 2. The summed E-state index contributed by atoms with van der Waals surface area (Å²) in [5, 5.41) is 10.5. The number of rotatable bonds is 6. The summed E-state index contributed by atoms with van der Waals surface area (Å²) in [6.45, 7) is 5.81. The Morgan fingerprint density at radius 2 is 2.16 bits per heavy atom. The van der Waals surface area contributed by atoms with Crippen molar-refractivity contribution in [1.29, 1.82) is 0 Å². The fourth-order valence-corrected chi connectivity index (χ4v) is 3.94. The Morgan fingerprint density at radius 3 is 2.84 bits per heavy atom.